The summed E-state index contributed by atoms with van der Waals surface area (Å²) in [4.78, 5) is 14.2. The molecule has 0 amide bonds. The van der Waals surface area contributed by atoms with Crippen molar-refractivity contribution in [3.05, 3.63) is 53.2 Å². The summed E-state index contributed by atoms with van der Waals surface area (Å²) in [7, 11) is 0. The van der Waals surface area contributed by atoms with Gasteiger partial charge in [0.1, 0.15) is 5.82 Å². The first-order valence-electron chi connectivity index (χ1n) is 9.63. The van der Waals surface area contributed by atoms with Gasteiger partial charge in [-0.05, 0) is 36.4 Å². The third-order valence-electron chi connectivity index (χ3n) is 4.45. The van der Waals surface area contributed by atoms with E-state index in [1.807, 2.05) is 35.7 Å². The number of nitrogens with one attached hydrogen (secondary N) is 1. The number of aryl methyl sites for hydroxylation is 1. The molecule has 0 bridgehead atoms. The zero-order valence-corrected chi connectivity index (χ0v) is 18.4. The topological polar surface area (TPSA) is 107 Å². The number of aromatic nitrogens is 6. The summed E-state index contributed by atoms with van der Waals surface area (Å²) in [6, 6.07) is 12.1. The number of nitrogen functional groups attached to an aromatic ring is 1. The minimum Gasteiger partial charge on any atom is -0.368 e. The van der Waals surface area contributed by atoms with E-state index < -0.39 is 0 Å². The molecule has 3 aromatic heterocycles. The van der Waals surface area contributed by atoms with Crippen LogP contribution in [0.4, 0.5) is 17.6 Å². The van der Waals surface area contributed by atoms with Crippen molar-refractivity contribution in [2.24, 2.45) is 0 Å². The number of nitrogens with zero attached hydrogens (tertiary/aromatic N) is 6. The molecule has 0 aliphatic carbocycles. The van der Waals surface area contributed by atoms with Gasteiger partial charge in [-0.15, -0.1) is 21.5 Å². The van der Waals surface area contributed by atoms with Gasteiger partial charge in [0.05, 0.1) is 10.6 Å². The Labute approximate surface area is 183 Å². The number of anilines is 3. The smallest absolute Gasteiger partial charge is 0.232 e. The Morgan fingerprint density at radius 1 is 1.07 bits per heavy atom. The van der Waals surface area contributed by atoms with Crippen molar-refractivity contribution in [2.75, 3.05) is 11.1 Å². The largest absolute Gasteiger partial charge is 0.368 e. The first-order valence-corrected chi connectivity index (χ1v) is 11.5. The highest BCUT2D eigenvalue weighted by molar-refractivity contribution is 7.98. The van der Waals surface area contributed by atoms with Crippen LogP contribution in [-0.2, 0) is 18.7 Å². The summed E-state index contributed by atoms with van der Waals surface area (Å²) in [6.45, 7) is 4.97. The maximum Gasteiger partial charge on any atom is 0.232 e. The van der Waals surface area contributed by atoms with Crippen molar-refractivity contribution in [3.8, 4) is 10.7 Å². The maximum atomic E-state index is 5.93. The van der Waals surface area contributed by atoms with E-state index in [1.165, 1.54) is 17.3 Å². The van der Waals surface area contributed by atoms with Crippen molar-refractivity contribution in [1.29, 1.82) is 0 Å². The van der Waals surface area contributed by atoms with Gasteiger partial charge in [-0.1, -0.05) is 43.0 Å². The number of para-hydroxylation sites is 1. The van der Waals surface area contributed by atoms with Gasteiger partial charge >= 0.3 is 0 Å². The fraction of sp³-hybridized carbons (Fsp3) is 0.250. The van der Waals surface area contributed by atoms with Crippen LogP contribution < -0.4 is 11.1 Å². The molecule has 154 valence electrons. The third kappa shape index (κ3) is 4.44. The minimum atomic E-state index is 0.188. The first kappa shape index (κ1) is 20.3. The van der Waals surface area contributed by atoms with Gasteiger partial charge in [0, 0.05) is 12.2 Å². The predicted octanol–water partition coefficient (Wildman–Crippen LogP) is 4.39. The number of hydrogen-bond donors (Lipinski definition) is 2. The monoisotopic (exact) mass is 438 g/mol. The molecule has 30 heavy (non-hydrogen) atoms. The van der Waals surface area contributed by atoms with E-state index in [0.717, 1.165) is 34.5 Å². The van der Waals surface area contributed by atoms with E-state index in [9.17, 15) is 0 Å². The molecule has 1 aromatic carbocycles. The molecule has 0 aliphatic rings. The molecule has 0 unspecified atom stereocenters. The lowest BCUT2D eigenvalue weighted by Crippen LogP contribution is -2.07. The summed E-state index contributed by atoms with van der Waals surface area (Å²) < 4.78 is 2.09. The Balaban J connectivity index is 1.52. The number of rotatable bonds is 8. The number of hydrogen-bond acceptors (Lipinski definition) is 9. The van der Waals surface area contributed by atoms with Crippen molar-refractivity contribution in [2.45, 2.75) is 37.7 Å². The van der Waals surface area contributed by atoms with Gasteiger partial charge in [0.15, 0.2) is 11.0 Å². The number of benzene rings is 1. The Morgan fingerprint density at radius 2 is 1.93 bits per heavy atom. The molecule has 4 rings (SSSR count). The molecule has 3 heterocycles. The molecule has 8 nitrogen and oxygen atoms in total. The van der Waals surface area contributed by atoms with Gasteiger partial charge in [0.25, 0.3) is 0 Å². The highest BCUT2D eigenvalue weighted by Gasteiger charge is 2.15. The Bertz CT molecular complexity index is 1120. The molecular weight excluding hydrogens is 416 g/mol. The van der Waals surface area contributed by atoms with E-state index in [1.54, 1.807) is 11.3 Å². The number of nitrogens with two attached hydrogens (primary N) is 1. The van der Waals surface area contributed by atoms with Crippen LogP contribution in [-0.4, -0.2) is 29.7 Å². The van der Waals surface area contributed by atoms with E-state index in [2.05, 4.69) is 54.9 Å². The maximum absolute atomic E-state index is 5.93. The molecule has 0 aliphatic heterocycles. The normalized spacial score (nSPS) is 11.0. The summed E-state index contributed by atoms with van der Waals surface area (Å²) >= 11 is 3.18. The van der Waals surface area contributed by atoms with Crippen LogP contribution in [0.1, 0.15) is 25.2 Å². The predicted molar refractivity (Wildman–Crippen MR) is 122 cm³/mol. The highest BCUT2D eigenvalue weighted by Crippen LogP contribution is 2.28. The zero-order valence-electron chi connectivity index (χ0n) is 16.7. The van der Waals surface area contributed by atoms with Gasteiger partial charge in [0.2, 0.25) is 11.9 Å². The summed E-state index contributed by atoms with van der Waals surface area (Å²) in [5, 5.41) is 14.8. The van der Waals surface area contributed by atoms with Gasteiger partial charge in [-0.25, -0.2) is 0 Å². The standard InChI is InChI=1S/C20H22N8S2/c1-3-13-8-5-6-9-14(13)22-19-24-16(23-18(21)25-19)12-30-20-27-26-17(28(20)4-2)15-10-7-11-29-15/h5-11H,3-4,12H2,1-2H3,(H3,21,22,23,24,25). The molecule has 3 N–H and O–H groups in total. The Morgan fingerprint density at radius 3 is 2.70 bits per heavy atom. The van der Waals surface area contributed by atoms with Crippen LogP contribution in [0.2, 0.25) is 0 Å². The zero-order chi connectivity index (χ0) is 20.9. The quantitative estimate of drug-likeness (QED) is 0.390. The molecule has 0 atom stereocenters. The summed E-state index contributed by atoms with van der Waals surface area (Å²) in [6.07, 6.45) is 0.908. The van der Waals surface area contributed by atoms with Crippen LogP contribution >= 0.6 is 23.1 Å². The van der Waals surface area contributed by atoms with E-state index >= 15 is 0 Å². The highest BCUT2D eigenvalue weighted by atomic mass is 32.2. The Kier molecular flexibility index (Phi) is 6.24. The van der Waals surface area contributed by atoms with Gasteiger partial charge < -0.3 is 15.6 Å². The molecule has 0 saturated carbocycles. The lowest BCUT2D eigenvalue weighted by Gasteiger charge is -2.10. The minimum absolute atomic E-state index is 0.188. The average Bonchev–Trinajstić information content (AvgIpc) is 3.41. The average molecular weight is 439 g/mol. The first-order chi connectivity index (χ1) is 14.7. The molecule has 10 heteroatoms. The van der Waals surface area contributed by atoms with Gasteiger partial charge in [-0.3, -0.25) is 0 Å². The second kappa shape index (κ2) is 9.23. The molecule has 0 spiro atoms. The van der Waals surface area contributed by atoms with Crippen LogP contribution in [0.5, 0.6) is 0 Å². The van der Waals surface area contributed by atoms with Crippen molar-refractivity contribution in [3.63, 3.8) is 0 Å². The van der Waals surface area contributed by atoms with Crippen LogP contribution in [0, 0.1) is 0 Å². The lowest BCUT2D eigenvalue weighted by molar-refractivity contribution is 0.687. The van der Waals surface area contributed by atoms with Crippen LogP contribution in [0.15, 0.2) is 46.9 Å². The molecule has 0 saturated heterocycles. The van der Waals surface area contributed by atoms with Crippen molar-refractivity contribution >= 4 is 40.7 Å². The van der Waals surface area contributed by atoms with Crippen LogP contribution in [0.25, 0.3) is 10.7 Å². The summed E-state index contributed by atoms with van der Waals surface area (Å²) in [5.41, 5.74) is 8.09. The molecular formula is C20H22N8S2. The lowest BCUT2D eigenvalue weighted by atomic mass is 10.1. The third-order valence-corrected chi connectivity index (χ3v) is 6.28. The fourth-order valence-corrected chi connectivity index (χ4v) is 4.60. The SMILES string of the molecule is CCc1ccccc1Nc1nc(N)nc(CSc2nnc(-c3cccs3)n2CC)n1. The number of thiophene rings is 1. The number of thioether (sulfide) groups is 1. The van der Waals surface area contributed by atoms with Crippen LogP contribution in [0.3, 0.4) is 0 Å². The van der Waals surface area contributed by atoms with Crippen molar-refractivity contribution in [1.82, 2.24) is 29.7 Å². The molecule has 0 radical (unpaired) electrons. The fourth-order valence-electron chi connectivity index (χ4n) is 3.03. The Hall–Kier alpha value is -2.98. The second-order valence-corrected chi connectivity index (χ2v) is 8.28. The molecule has 4 aromatic rings. The second-order valence-electron chi connectivity index (χ2n) is 6.39. The van der Waals surface area contributed by atoms with E-state index in [4.69, 9.17) is 5.73 Å². The van der Waals surface area contributed by atoms with E-state index in [-0.39, 0.29) is 5.95 Å². The van der Waals surface area contributed by atoms with Gasteiger partial charge in [-0.2, -0.15) is 15.0 Å². The summed E-state index contributed by atoms with van der Waals surface area (Å²) in [5.74, 6) is 2.61. The van der Waals surface area contributed by atoms with Crippen molar-refractivity contribution < 1.29 is 0 Å². The molecule has 0 fully saturated rings. The van der Waals surface area contributed by atoms with E-state index in [0.29, 0.717) is 17.5 Å².